The van der Waals surface area contributed by atoms with Gasteiger partial charge in [-0.3, -0.25) is 9.59 Å². The van der Waals surface area contributed by atoms with Crippen LogP contribution in [0.5, 0.6) is 0 Å². The van der Waals surface area contributed by atoms with Gasteiger partial charge in [0.25, 0.3) is 0 Å². The normalized spacial score (nSPS) is 12.0. The van der Waals surface area contributed by atoms with Crippen LogP contribution in [0.15, 0.2) is 24.3 Å². The van der Waals surface area contributed by atoms with Crippen molar-refractivity contribution in [1.29, 1.82) is 10.5 Å². The highest BCUT2D eigenvalue weighted by atomic mass is 16.5. The van der Waals surface area contributed by atoms with Gasteiger partial charge in [0.15, 0.2) is 11.6 Å². The van der Waals surface area contributed by atoms with Gasteiger partial charge < -0.3 is 15.8 Å². The van der Waals surface area contributed by atoms with E-state index in [4.69, 9.17) is 10.5 Å². The monoisotopic (exact) mass is 374 g/mol. The highest BCUT2D eigenvalue weighted by Gasteiger charge is 2.36. The maximum Gasteiger partial charge on any atom is 0.196 e. The Bertz CT molecular complexity index is 1060. The fourth-order valence-electron chi connectivity index (χ4n) is 3.37. The van der Waals surface area contributed by atoms with Crippen molar-refractivity contribution < 1.29 is 14.3 Å². The minimum atomic E-state index is -0.425. The number of carbonyl (C=O) groups excluding carboxylic acids is 2. The summed E-state index contributed by atoms with van der Waals surface area (Å²) >= 11 is 0. The van der Waals surface area contributed by atoms with Crippen LogP contribution in [0.25, 0.3) is 0 Å². The first-order valence-corrected chi connectivity index (χ1v) is 8.77. The van der Waals surface area contributed by atoms with Crippen LogP contribution in [0.4, 0.5) is 11.4 Å². The second-order valence-electron chi connectivity index (χ2n) is 6.34. The van der Waals surface area contributed by atoms with E-state index < -0.39 is 11.6 Å². The molecule has 140 valence electrons. The average Bonchev–Trinajstić information content (AvgIpc) is 2.71. The van der Waals surface area contributed by atoms with Gasteiger partial charge >= 0.3 is 0 Å². The number of fused-ring (bicyclic) bond motifs is 2. The number of rotatable bonds is 6. The van der Waals surface area contributed by atoms with Crippen LogP contribution in [0.1, 0.15) is 55.8 Å². The van der Waals surface area contributed by atoms with E-state index in [1.807, 2.05) is 12.1 Å². The van der Waals surface area contributed by atoms with Crippen LogP contribution in [0.2, 0.25) is 0 Å². The van der Waals surface area contributed by atoms with E-state index >= 15 is 0 Å². The number of methoxy groups -OCH3 is 1. The Labute approximate surface area is 162 Å². The predicted octanol–water partition coefficient (Wildman–Crippen LogP) is 2.63. The molecule has 3 N–H and O–H groups in total. The molecule has 0 bridgehead atoms. The molecule has 0 spiro atoms. The van der Waals surface area contributed by atoms with Gasteiger partial charge in [0, 0.05) is 31.4 Å². The van der Waals surface area contributed by atoms with Crippen LogP contribution >= 0.6 is 0 Å². The lowest BCUT2D eigenvalue weighted by molar-refractivity contribution is 0.0980. The van der Waals surface area contributed by atoms with Crippen LogP contribution in [0, 0.1) is 22.7 Å². The zero-order valence-electron chi connectivity index (χ0n) is 15.3. The van der Waals surface area contributed by atoms with Gasteiger partial charge in [-0.25, -0.2) is 0 Å². The minimum Gasteiger partial charge on any atom is -0.397 e. The highest BCUT2D eigenvalue weighted by molar-refractivity contribution is 6.32. The number of nitriles is 2. The third kappa shape index (κ3) is 2.98. The number of carbonyl (C=O) groups is 2. The minimum absolute atomic E-state index is 0.0151. The molecular formula is C21H18N4O3. The molecule has 0 fully saturated rings. The number of nitrogen functional groups attached to an aromatic ring is 1. The van der Waals surface area contributed by atoms with E-state index in [9.17, 15) is 20.1 Å². The molecule has 28 heavy (non-hydrogen) atoms. The summed E-state index contributed by atoms with van der Waals surface area (Å²) in [4.78, 5) is 26.2. The van der Waals surface area contributed by atoms with Crippen molar-refractivity contribution in [3.8, 4) is 12.1 Å². The number of hydrogen-bond donors (Lipinski definition) is 2. The smallest absolute Gasteiger partial charge is 0.196 e. The molecule has 7 heteroatoms. The zero-order chi connectivity index (χ0) is 20.3. The fourth-order valence-corrected chi connectivity index (χ4v) is 3.37. The lowest BCUT2D eigenvalue weighted by Gasteiger charge is -2.24. The van der Waals surface area contributed by atoms with Gasteiger partial charge in [0.05, 0.1) is 33.6 Å². The SMILES string of the molecule is COCCCCNc1c(C#N)c(C#N)c(N)c2c1C(=O)c1ccccc1C2=O. The largest absolute Gasteiger partial charge is 0.397 e. The van der Waals surface area contributed by atoms with Crippen molar-refractivity contribution in [2.75, 3.05) is 31.3 Å². The molecule has 2 aromatic rings. The van der Waals surface area contributed by atoms with Crippen LogP contribution in [0.3, 0.4) is 0 Å². The lowest BCUT2D eigenvalue weighted by atomic mass is 9.79. The summed E-state index contributed by atoms with van der Waals surface area (Å²) in [7, 11) is 1.61. The molecule has 0 unspecified atom stereocenters. The Balaban J connectivity index is 2.19. The molecule has 0 saturated heterocycles. The number of benzene rings is 2. The second-order valence-corrected chi connectivity index (χ2v) is 6.34. The summed E-state index contributed by atoms with van der Waals surface area (Å²) < 4.78 is 5.01. The molecule has 0 heterocycles. The maximum absolute atomic E-state index is 13.2. The summed E-state index contributed by atoms with van der Waals surface area (Å²) in [6.07, 6.45) is 1.50. The van der Waals surface area contributed by atoms with Gasteiger partial charge in [-0.05, 0) is 12.8 Å². The zero-order valence-corrected chi connectivity index (χ0v) is 15.3. The van der Waals surface area contributed by atoms with Crippen molar-refractivity contribution in [2.45, 2.75) is 12.8 Å². The molecule has 1 aliphatic carbocycles. The van der Waals surface area contributed by atoms with Gasteiger partial charge in [0.2, 0.25) is 0 Å². The van der Waals surface area contributed by atoms with Crippen molar-refractivity contribution >= 4 is 22.9 Å². The fraction of sp³-hybridized carbons (Fsp3) is 0.238. The molecule has 7 nitrogen and oxygen atoms in total. The summed E-state index contributed by atoms with van der Waals surface area (Å²) in [5.41, 5.74) is 6.56. The number of unbranched alkanes of at least 4 members (excludes halogenated alkanes) is 1. The molecular weight excluding hydrogens is 356 g/mol. The van der Waals surface area contributed by atoms with Crippen LogP contribution in [-0.4, -0.2) is 31.8 Å². The number of nitrogens with zero attached hydrogens (tertiary/aromatic N) is 2. The van der Waals surface area contributed by atoms with E-state index in [2.05, 4.69) is 5.32 Å². The Morgan fingerprint density at radius 1 is 1.00 bits per heavy atom. The first kappa shape index (κ1) is 19.1. The second kappa shape index (κ2) is 7.91. The molecule has 1 aliphatic rings. The van der Waals surface area contributed by atoms with Crippen LogP contribution < -0.4 is 11.1 Å². The quantitative estimate of drug-likeness (QED) is 0.501. The van der Waals surface area contributed by atoms with E-state index in [-0.39, 0.29) is 44.8 Å². The predicted molar refractivity (Wildman–Crippen MR) is 103 cm³/mol. The first-order chi connectivity index (χ1) is 13.6. The van der Waals surface area contributed by atoms with E-state index in [1.54, 1.807) is 31.4 Å². The van der Waals surface area contributed by atoms with E-state index in [0.717, 1.165) is 12.8 Å². The number of ketones is 2. The molecule has 0 aromatic heterocycles. The summed E-state index contributed by atoms with van der Waals surface area (Å²) in [6, 6.07) is 10.3. The van der Waals surface area contributed by atoms with Crippen molar-refractivity contribution in [3.63, 3.8) is 0 Å². The topological polar surface area (TPSA) is 129 Å². The standard InChI is InChI=1S/C21H18N4O3/c1-28-9-5-4-8-25-19-15(11-23)14(10-22)18(24)16-17(19)21(27)13-7-3-2-6-12(13)20(16)26/h2-3,6-7,25H,4-5,8-9,24H2,1H3. The summed E-state index contributed by atoms with van der Waals surface area (Å²) in [5.74, 6) is -0.816. The van der Waals surface area contributed by atoms with E-state index in [1.165, 1.54) is 0 Å². The Morgan fingerprint density at radius 2 is 1.61 bits per heavy atom. The highest BCUT2D eigenvalue weighted by Crippen LogP contribution is 2.40. The summed E-state index contributed by atoms with van der Waals surface area (Å²) in [6.45, 7) is 1.03. The van der Waals surface area contributed by atoms with Crippen molar-refractivity contribution in [2.24, 2.45) is 0 Å². The lowest BCUT2D eigenvalue weighted by Crippen LogP contribution is -2.26. The van der Waals surface area contributed by atoms with E-state index in [0.29, 0.717) is 13.2 Å². The van der Waals surface area contributed by atoms with Crippen molar-refractivity contribution in [3.05, 3.63) is 57.6 Å². The number of nitrogens with one attached hydrogen (secondary N) is 1. The third-order valence-corrected chi connectivity index (χ3v) is 4.71. The molecule has 2 aromatic carbocycles. The van der Waals surface area contributed by atoms with Crippen molar-refractivity contribution in [1.82, 2.24) is 0 Å². The third-order valence-electron chi connectivity index (χ3n) is 4.71. The molecule has 0 atom stereocenters. The number of hydrogen-bond acceptors (Lipinski definition) is 7. The molecule has 3 rings (SSSR count). The number of ether oxygens (including phenoxy) is 1. The molecule has 0 saturated carbocycles. The Morgan fingerprint density at radius 3 is 2.18 bits per heavy atom. The average molecular weight is 374 g/mol. The first-order valence-electron chi connectivity index (χ1n) is 8.77. The van der Waals surface area contributed by atoms with Gasteiger partial charge in [-0.2, -0.15) is 10.5 Å². The summed E-state index contributed by atoms with van der Waals surface area (Å²) in [5, 5.41) is 22.2. The number of anilines is 2. The van der Waals surface area contributed by atoms with Crippen LogP contribution in [-0.2, 0) is 4.74 Å². The molecule has 0 radical (unpaired) electrons. The van der Waals surface area contributed by atoms with Gasteiger partial charge in [-0.1, -0.05) is 24.3 Å². The molecule has 0 amide bonds. The van der Waals surface area contributed by atoms with Gasteiger partial charge in [-0.15, -0.1) is 0 Å². The molecule has 0 aliphatic heterocycles. The Kier molecular flexibility index (Phi) is 5.39. The number of nitrogens with two attached hydrogens (primary N) is 1. The Hall–Kier alpha value is -3.68. The van der Waals surface area contributed by atoms with Gasteiger partial charge in [0.1, 0.15) is 12.1 Å². The maximum atomic E-state index is 13.2.